The number of carbonyl (C=O) groups is 1. The van der Waals surface area contributed by atoms with Crippen LogP contribution >= 0.6 is 11.6 Å². The summed E-state index contributed by atoms with van der Waals surface area (Å²) in [6.07, 6.45) is 0. The molecule has 0 fully saturated rings. The lowest BCUT2D eigenvalue weighted by molar-refractivity contribution is -0.394. The summed E-state index contributed by atoms with van der Waals surface area (Å²) in [6, 6.07) is 6.51. The lowest BCUT2D eigenvalue weighted by Crippen LogP contribution is -2.08. The van der Waals surface area contributed by atoms with Crippen LogP contribution in [-0.2, 0) is 11.3 Å². The van der Waals surface area contributed by atoms with E-state index in [0.29, 0.717) is 11.6 Å². The van der Waals surface area contributed by atoms with Crippen molar-refractivity contribution in [1.29, 1.82) is 0 Å². The summed E-state index contributed by atoms with van der Waals surface area (Å²) in [5, 5.41) is 31.8. The Balaban J connectivity index is 2.24. The number of nitro benzene ring substituents is 3. The maximum absolute atomic E-state index is 12.1. The largest absolute Gasteiger partial charge is 0.457 e. The number of hydrogen-bond acceptors (Lipinski definition) is 8. The standard InChI is InChI=1S/C14H8ClN3O8/c15-13-11(5-10(17(22)23)6-12(13)18(24)25)14(19)26-7-8-1-3-9(4-2-8)16(20)21/h1-6H,7H2. The van der Waals surface area contributed by atoms with E-state index in [1.165, 1.54) is 24.3 Å². The molecule has 2 aromatic rings. The van der Waals surface area contributed by atoms with Gasteiger partial charge in [0.15, 0.2) is 0 Å². The number of nitro groups is 3. The molecule has 0 aromatic heterocycles. The first-order chi connectivity index (χ1) is 12.2. The van der Waals surface area contributed by atoms with Crippen LogP contribution in [-0.4, -0.2) is 20.7 Å². The first-order valence-electron chi connectivity index (χ1n) is 6.73. The lowest BCUT2D eigenvalue weighted by Gasteiger charge is -2.07. The molecule has 0 saturated carbocycles. The minimum atomic E-state index is -1.11. The van der Waals surface area contributed by atoms with Crippen LogP contribution in [0.3, 0.4) is 0 Å². The molecule has 2 rings (SSSR count). The summed E-state index contributed by atoms with van der Waals surface area (Å²) in [6.45, 7) is -0.316. The van der Waals surface area contributed by atoms with E-state index in [-0.39, 0.29) is 12.3 Å². The van der Waals surface area contributed by atoms with Crippen molar-refractivity contribution in [2.75, 3.05) is 0 Å². The molecule has 0 N–H and O–H groups in total. The number of carbonyl (C=O) groups excluding carboxylic acids is 1. The predicted octanol–water partition coefficient (Wildman–Crippen LogP) is 3.42. The zero-order valence-corrected chi connectivity index (χ0v) is 13.4. The summed E-state index contributed by atoms with van der Waals surface area (Å²) in [7, 11) is 0. The van der Waals surface area contributed by atoms with E-state index in [0.717, 1.165) is 6.07 Å². The third-order valence-electron chi connectivity index (χ3n) is 3.18. The van der Waals surface area contributed by atoms with E-state index in [9.17, 15) is 35.1 Å². The third kappa shape index (κ3) is 4.08. The van der Waals surface area contributed by atoms with Gasteiger partial charge in [0.25, 0.3) is 17.1 Å². The van der Waals surface area contributed by atoms with Gasteiger partial charge in [-0.1, -0.05) is 11.6 Å². The van der Waals surface area contributed by atoms with Crippen LogP contribution in [0.15, 0.2) is 36.4 Å². The average molecular weight is 382 g/mol. The quantitative estimate of drug-likeness (QED) is 0.418. The van der Waals surface area contributed by atoms with Crippen LogP contribution in [0.5, 0.6) is 0 Å². The molecule has 0 heterocycles. The molecule has 0 spiro atoms. The molecule has 11 nitrogen and oxygen atoms in total. The molecule has 26 heavy (non-hydrogen) atoms. The molecule has 0 amide bonds. The fraction of sp³-hybridized carbons (Fsp3) is 0.0714. The molecule has 0 aliphatic heterocycles. The Morgan fingerprint density at radius 2 is 1.50 bits per heavy atom. The third-order valence-corrected chi connectivity index (χ3v) is 3.58. The van der Waals surface area contributed by atoms with Gasteiger partial charge in [-0.05, 0) is 17.7 Å². The van der Waals surface area contributed by atoms with E-state index in [1.807, 2.05) is 0 Å². The molecule has 12 heteroatoms. The van der Waals surface area contributed by atoms with Crippen molar-refractivity contribution in [3.63, 3.8) is 0 Å². The number of esters is 1. The molecule has 0 unspecified atom stereocenters. The number of halogens is 1. The Morgan fingerprint density at radius 3 is 2.00 bits per heavy atom. The average Bonchev–Trinajstić information content (AvgIpc) is 2.59. The summed E-state index contributed by atoms with van der Waals surface area (Å²) in [5.74, 6) is -1.11. The zero-order valence-electron chi connectivity index (χ0n) is 12.7. The Hall–Kier alpha value is -3.60. The number of nitrogens with zero attached hydrogens (tertiary/aromatic N) is 3. The minimum absolute atomic E-state index is 0.155. The van der Waals surface area contributed by atoms with Crippen molar-refractivity contribution in [2.45, 2.75) is 6.61 Å². The highest BCUT2D eigenvalue weighted by Crippen LogP contribution is 2.33. The molecular formula is C14H8ClN3O8. The fourth-order valence-corrected chi connectivity index (χ4v) is 2.18. The van der Waals surface area contributed by atoms with Gasteiger partial charge >= 0.3 is 5.97 Å². The van der Waals surface area contributed by atoms with Crippen LogP contribution in [0.2, 0.25) is 5.02 Å². The second-order valence-corrected chi connectivity index (χ2v) is 5.22. The molecule has 0 radical (unpaired) electrons. The van der Waals surface area contributed by atoms with Crippen LogP contribution in [0, 0.1) is 30.3 Å². The van der Waals surface area contributed by atoms with Crippen molar-refractivity contribution in [2.24, 2.45) is 0 Å². The van der Waals surface area contributed by atoms with E-state index in [4.69, 9.17) is 16.3 Å². The van der Waals surface area contributed by atoms with E-state index in [2.05, 4.69) is 0 Å². The minimum Gasteiger partial charge on any atom is -0.457 e. The second kappa shape index (κ2) is 7.53. The van der Waals surface area contributed by atoms with Gasteiger partial charge < -0.3 is 4.74 Å². The van der Waals surface area contributed by atoms with E-state index < -0.39 is 42.7 Å². The topological polar surface area (TPSA) is 156 Å². The smallest absolute Gasteiger partial charge is 0.340 e. The fourth-order valence-electron chi connectivity index (χ4n) is 1.92. The van der Waals surface area contributed by atoms with Gasteiger partial charge in [0, 0.05) is 18.2 Å². The molecule has 2 aromatic carbocycles. The van der Waals surface area contributed by atoms with Gasteiger partial charge in [0.2, 0.25) is 0 Å². The molecule has 0 aliphatic rings. The van der Waals surface area contributed by atoms with Gasteiger partial charge in [-0.15, -0.1) is 0 Å². The summed E-state index contributed by atoms with van der Waals surface area (Å²) in [4.78, 5) is 42.0. The van der Waals surface area contributed by atoms with Crippen LogP contribution in [0.4, 0.5) is 17.1 Å². The lowest BCUT2D eigenvalue weighted by atomic mass is 10.1. The van der Waals surface area contributed by atoms with Gasteiger partial charge in [0.05, 0.1) is 26.4 Å². The molecule has 0 bridgehead atoms. The van der Waals surface area contributed by atoms with Crippen LogP contribution in [0.25, 0.3) is 0 Å². The number of ether oxygens (including phenoxy) is 1. The first-order valence-corrected chi connectivity index (χ1v) is 7.11. The molecule has 0 aliphatic carbocycles. The van der Waals surface area contributed by atoms with Crippen LogP contribution in [0.1, 0.15) is 15.9 Å². The highest BCUT2D eigenvalue weighted by atomic mass is 35.5. The molecular weight excluding hydrogens is 374 g/mol. The van der Waals surface area contributed by atoms with Gasteiger partial charge in [-0.25, -0.2) is 4.79 Å². The zero-order chi connectivity index (χ0) is 19.4. The Morgan fingerprint density at radius 1 is 0.923 bits per heavy atom. The molecule has 0 atom stereocenters. The molecule has 134 valence electrons. The van der Waals surface area contributed by atoms with E-state index in [1.54, 1.807) is 0 Å². The van der Waals surface area contributed by atoms with Crippen molar-refractivity contribution >= 4 is 34.6 Å². The predicted molar refractivity (Wildman–Crippen MR) is 87.0 cm³/mol. The van der Waals surface area contributed by atoms with Crippen molar-refractivity contribution in [1.82, 2.24) is 0 Å². The van der Waals surface area contributed by atoms with Gasteiger partial charge in [0.1, 0.15) is 11.6 Å². The Labute approximate surface area is 149 Å². The summed E-state index contributed by atoms with van der Waals surface area (Å²) in [5.41, 5.74) is -1.78. The van der Waals surface area contributed by atoms with Crippen molar-refractivity contribution in [3.05, 3.63) is 82.9 Å². The number of rotatable bonds is 6. The van der Waals surface area contributed by atoms with E-state index >= 15 is 0 Å². The highest BCUT2D eigenvalue weighted by Gasteiger charge is 2.27. The first kappa shape index (κ1) is 18.7. The Kier molecular flexibility index (Phi) is 5.42. The maximum Gasteiger partial charge on any atom is 0.340 e. The molecule has 0 saturated heterocycles. The number of benzene rings is 2. The maximum atomic E-state index is 12.1. The van der Waals surface area contributed by atoms with Gasteiger partial charge in [-0.2, -0.15) is 0 Å². The summed E-state index contributed by atoms with van der Waals surface area (Å²) >= 11 is 5.77. The van der Waals surface area contributed by atoms with Gasteiger partial charge in [-0.3, -0.25) is 30.3 Å². The van der Waals surface area contributed by atoms with Crippen molar-refractivity contribution < 1.29 is 24.3 Å². The second-order valence-electron chi connectivity index (χ2n) is 4.84. The Bertz CT molecular complexity index is 913. The summed E-state index contributed by atoms with van der Waals surface area (Å²) < 4.78 is 4.93. The van der Waals surface area contributed by atoms with Crippen LogP contribution < -0.4 is 0 Å². The monoisotopic (exact) mass is 381 g/mol. The SMILES string of the molecule is O=C(OCc1ccc([N+](=O)[O-])cc1)c1cc([N+](=O)[O-])cc([N+](=O)[O-])c1Cl. The van der Waals surface area contributed by atoms with Crippen molar-refractivity contribution in [3.8, 4) is 0 Å². The highest BCUT2D eigenvalue weighted by molar-refractivity contribution is 6.35. The normalized spacial score (nSPS) is 10.2. The number of non-ortho nitro benzene ring substituents is 2. The number of hydrogen-bond donors (Lipinski definition) is 0.